The minimum atomic E-state index is -1.20. The van der Waals surface area contributed by atoms with Gasteiger partial charge in [-0.3, -0.25) is 0 Å². The molecule has 0 aromatic carbocycles. The summed E-state index contributed by atoms with van der Waals surface area (Å²) in [5.41, 5.74) is 0. The van der Waals surface area contributed by atoms with Crippen LogP contribution in [0.5, 0.6) is 0 Å². The predicted molar refractivity (Wildman–Crippen MR) is 91.3 cm³/mol. The Labute approximate surface area is 152 Å². The van der Waals surface area contributed by atoms with Gasteiger partial charge < -0.3 is 0 Å². The Morgan fingerprint density at radius 3 is 2.87 bits per heavy atom. The molecule has 3 saturated heterocycles. The minimum absolute atomic E-state index is 0.00783. The van der Waals surface area contributed by atoms with Crippen LogP contribution in [0.15, 0.2) is 0 Å². The van der Waals surface area contributed by atoms with Gasteiger partial charge in [0.1, 0.15) is 0 Å². The van der Waals surface area contributed by atoms with Crippen LogP contribution in [0.1, 0.15) is 12.8 Å². The molecule has 2 saturated carbocycles. The Balaban J connectivity index is 1.14. The van der Waals surface area contributed by atoms with Gasteiger partial charge in [0, 0.05) is 0 Å². The van der Waals surface area contributed by atoms with Crippen LogP contribution in [0.3, 0.4) is 0 Å². The second-order valence-electron chi connectivity index (χ2n) is 6.51. The van der Waals surface area contributed by atoms with Crippen molar-refractivity contribution >= 4 is 60.9 Å². The van der Waals surface area contributed by atoms with E-state index in [1.54, 1.807) is 0 Å². The zero-order chi connectivity index (χ0) is 15.9. The summed E-state index contributed by atoms with van der Waals surface area (Å²) in [5, 5.41) is 0. The third-order valence-corrected chi connectivity index (χ3v) is 12.5. The van der Waals surface area contributed by atoms with Crippen molar-refractivity contribution in [2.45, 2.75) is 32.6 Å². The van der Waals surface area contributed by atoms with Crippen molar-refractivity contribution < 1.29 is 28.6 Å². The van der Waals surface area contributed by atoms with Crippen LogP contribution in [0.25, 0.3) is 0 Å². The van der Waals surface area contributed by atoms with Crippen molar-refractivity contribution in [1.82, 2.24) is 7.06 Å². The second kappa shape index (κ2) is 4.91. The molecule has 23 heavy (non-hydrogen) atoms. The van der Waals surface area contributed by atoms with E-state index in [0.717, 1.165) is 12.8 Å². The molecular weight excluding hydrogens is 534 g/mol. The molecule has 0 aromatic rings. The molecule has 5 rings (SSSR count). The molecule has 2 N–H and O–H groups in total. The number of carbonyl (C=O) groups is 3. The first-order valence-corrected chi connectivity index (χ1v) is 11.9. The molecule has 8 nitrogen and oxygen atoms in total. The Bertz CT molecular complexity index is 624. The fourth-order valence-corrected chi connectivity index (χ4v) is 11.5. The normalized spacial score (nSPS) is 42.7. The van der Waals surface area contributed by atoms with Gasteiger partial charge in [-0.05, 0) is 0 Å². The SMILES string of the molecule is O=C(COC(=O)C(I)C12NI1N2)OC1C2CC3C(=O)OC1C3C2. The number of nitrogens with one attached hydrogen (secondary N) is 2. The van der Waals surface area contributed by atoms with E-state index in [1.807, 2.05) is 22.6 Å². The zero-order valence-electron chi connectivity index (χ0n) is 11.8. The van der Waals surface area contributed by atoms with Gasteiger partial charge in [0.15, 0.2) is 0 Å². The number of hydrogen-bond donors (Lipinski definition) is 2. The van der Waals surface area contributed by atoms with Crippen molar-refractivity contribution in [2.75, 3.05) is 6.61 Å². The summed E-state index contributed by atoms with van der Waals surface area (Å²) >= 11 is 0.837. The summed E-state index contributed by atoms with van der Waals surface area (Å²) in [5.74, 6) is -0.759. The molecule has 10 heteroatoms. The topological polar surface area (TPSA) is 123 Å². The standard InChI is InChI=1S/C13H14I2N2O6/c14-10(13-15(16-13)17-13)12(20)21-3-7(18)22-8-4-1-5-6(2-4)11(19)23-9(5)8/h4-6,8-10,16-17H,1-3H2. The molecule has 3 heterocycles. The number of rotatable bonds is 5. The van der Waals surface area contributed by atoms with Gasteiger partial charge >= 0.3 is 154 Å². The van der Waals surface area contributed by atoms with Crippen LogP contribution in [0.4, 0.5) is 0 Å². The van der Waals surface area contributed by atoms with Gasteiger partial charge in [-0.1, -0.05) is 0 Å². The van der Waals surface area contributed by atoms with E-state index in [4.69, 9.17) is 14.2 Å². The van der Waals surface area contributed by atoms with E-state index in [9.17, 15) is 14.4 Å². The van der Waals surface area contributed by atoms with Crippen LogP contribution < -0.4 is 7.06 Å². The van der Waals surface area contributed by atoms with E-state index in [1.165, 1.54) is 0 Å². The van der Waals surface area contributed by atoms with Gasteiger partial charge in [-0.25, -0.2) is 0 Å². The summed E-state index contributed by atoms with van der Waals surface area (Å²) in [7, 11) is 0. The summed E-state index contributed by atoms with van der Waals surface area (Å²) in [6.45, 7) is -0.388. The third-order valence-electron chi connectivity index (χ3n) is 5.26. The van der Waals surface area contributed by atoms with Crippen LogP contribution >= 0.6 is 43.0 Å². The Hall–Kier alpha value is -0.210. The summed E-state index contributed by atoms with van der Waals surface area (Å²) in [6.07, 6.45) is 0.929. The number of carbonyl (C=O) groups excluding carboxylic acids is 3. The average molecular weight is 548 g/mol. The van der Waals surface area contributed by atoms with Crippen molar-refractivity contribution in [1.29, 1.82) is 0 Å². The van der Waals surface area contributed by atoms with Crippen LogP contribution in [0.2, 0.25) is 0 Å². The predicted octanol–water partition coefficient (Wildman–Crippen LogP) is 0.0230. The molecule has 5 fully saturated rings. The Morgan fingerprint density at radius 2 is 2.17 bits per heavy atom. The first kappa shape index (κ1) is 15.1. The molecule has 5 aliphatic rings. The van der Waals surface area contributed by atoms with Crippen LogP contribution in [0, 0.1) is 17.8 Å². The number of ether oxygens (including phenoxy) is 3. The number of esters is 3. The van der Waals surface area contributed by atoms with E-state index in [-0.39, 0.29) is 50.1 Å². The van der Waals surface area contributed by atoms with Gasteiger partial charge in [0.25, 0.3) is 0 Å². The van der Waals surface area contributed by atoms with E-state index >= 15 is 0 Å². The Kier molecular flexibility index (Phi) is 3.22. The van der Waals surface area contributed by atoms with Gasteiger partial charge in [0.05, 0.1) is 0 Å². The van der Waals surface area contributed by atoms with Crippen LogP contribution in [-0.2, 0) is 28.6 Å². The van der Waals surface area contributed by atoms with Crippen molar-refractivity contribution in [3.8, 4) is 0 Å². The molecule has 6 atom stereocenters. The van der Waals surface area contributed by atoms with Crippen LogP contribution in [-0.4, -0.2) is 44.3 Å². The third kappa shape index (κ3) is 2.16. The number of hydrogen-bond acceptors (Lipinski definition) is 8. The molecule has 2 bridgehead atoms. The quantitative estimate of drug-likeness (QED) is 0.0939. The van der Waals surface area contributed by atoms with E-state index in [0.29, 0.717) is 0 Å². The fourth-order valence-electron chi connectivity index (χ4n) is 4.05. The van der Waals surface area contributed by atoms with Gasteiger partial charge in [0.2, 0.25) is 0 Å². The number of alkyl halides is 2. The van der Waals surface area contributed by atoms with E-state index < -0.39 is 32.3 Å². The van der Waals surface area contributed by atoms with E-state index in [2.05, 4.69) is 7.06 Å². The molecule has 6 unspecified atom stereocenters. The monoisotopic (exact) mass is 548 g/mol. The zero-order valence-corrected chi connectivity index (χ0v) is 16.1. The van der Waals surface area contributed by atoms with Gasteiger partial charge in [-0.2, -0.15) is 0 Å². The first-order valence-electron chi connectivity index (χ1n) is 7.46. The molecule has 3 aliphatic heterocycles. The number of halogens is 2. The maximum atomic E-state index is 12.0. The Morgan fingerprint density at radius 1 is 1.43 bits per heavy atom. The molecule has 0 spiro atoms. The second-order valence-corrected chi connectivity index (χ2v) is 12.2. The first-order chi connectivity index (χ1) is 11.0. The molecule has 0 radical (unpaired) electrons. The average Bonchev–Trinajstić information content (AvgIpc) is 3.25. The van der Waals surface area contributed by atoms with Crippen molar-refractivity contribution in [3.63, 3.8) is 0 Å². The molecule has 0 amide bonds. The summed E-state index contributed by atoms with van der Waals surface area (Å²) in [6, 6.07) is 0. The van der Waals surface area contributed by atoms with Crippen molar-refractivity contribution in [3.05, 3.63) is 0 Å². The summed E-state index contributed by atoms with van der Waals surface area (Å²) < 4.78 is 21.9. The molecule has 0 aromatic heterocycles. The number of fused-ring (bicyclic) bond motifs is 2. The van der Waals surface area contributed by atoms with Gasteiger partial charge in [-0.15, -0.1) is 0 Å². The molecule has 126 valence electrons. The molecule has 2 aliphatic carbocycles. The fraction of sp³-hybridized carbons (Fsp3) is 0.769. The maximum absolute atomic E-state index is 12.0. The van der Waals surface area contributed by atoms with Crippen molar-refractivity contribution in [2.24, 2.45) is 17.8 Å². The summed E-state index contributed by atoms with van der Waals surface area (Å²) in [4.78, 5) is 35.6. The molecular formula is C13H14I2N2O6.